The molecule has 1 aromatic carbocycles. The van der Waals surface area contributed by atoms with Gasteiger partial charge in [-0.1, -0.05) is 0 Å². The van der Waals surface area contributed by atoms with Gasteiger partial charge in [0.2, 0.25) is 10.0 Å². The summed E-state index contributed by atoms with van der Waals surface area (Å²) in [5.41, 5.74) is 5.04. The minimum atomic E-state index is -4.15. The van der Waals surface area contributed by atoms with Crippen LogP contribution in [0.4, 0.5) is 5.69 Å². The molecule has 0 heterocycles. The maximum Gasteiger partial charge on any atom is 0.337 e. The molecule has 1 rings (SSSR count). The molecule has 0 spiro atoms. The molecule has 8 nitrogen and oxygen atoms in total. The Kier molecular flexibility index (Phi) is 4.46. The van der Waals surface area contributed by atoms with Crippen molar-refractivity contribution in [3.05, 3.63) is 23.8 Å². The van der Waals surface area contributed by atoms with E-state index in [1.54, 1.807) is 0 Å². The second-order valence-electron chi connectivity index (χ2n) is 3.46. The van der Waals surface area contributed by atoms with Crippen LogP contribution in [0.15, 0.2) is 23.1 Å². The normalized spacial score (nSPS) is 11.0. The van der Waals surface area contributed by atoms with E-state index in [0.29, 0.717) is 0 Å². The monoisotopic (exact) mass is 288 g/mol. The summed E-state index contributed by atoms with van der Waals surface area (Å²) in [6, 6.07) is 3.33. The number of ether oxygens (including phenoxy) is 1. The SMILES string of the molecule is COC(=O)CNS(=O)(=O)c1ccc(N)cc1C(=O)O. The maximum atomic E-state index is 11.9. The first-order chi connectivity index (χ1) is 8.77. The van der Waals surface area contributed by atoms with E-state index in [1.807, 2.05) is 4.72 Å². The highest BCUT2D eigenvalue weighted by Crippen LogP contribution is 2.18. The lowest BCUT2D eigenvalue weighted by atomic mass is 10.2. The van der Waals surface area contributed by atoms with Gasteiger partial charge in [0.1, 0.15) is 6.54 Å². The zero-order chi connectivity index (χ0) is 14.6. The van der Waals surface area contributed by atoms with Crippen LogP contribution in [0.25, 0.3) is 0 Å². The number of anilines is 1. The molecule has 0 fully saturated rings. The van der Waals surface area contributed by atoms with E-state index in [2.05, 4.69) is 4.74 Å². The van der Waals surface area contributed by atoms with Crippen molar-refractivity contribution in [3.8, 4) is 0 Å². The molecule has 0 aliphatic carbocycles. The Labute approximate surface area is 109 Å². The number of nitrogen functional groups attached to an aromatic ring is 1. The molecule has 0 aromatic heterocycles. The molecule has 4 N–H and O–H groups in total. The average Bonchev–Trinajstić information content (AvgIpc) is 2.35. The van der Waals surface area contributed by atoms with Gasteiger partial charge in [-0.05, 0) is 18.2 Å². The number of hydrogen-bond acceptors (Lipinski definition) is 6. The van der Waals surface area contributed by atoms with Crippen LogP contribution in [0.3, 0.4) is 0 Å². The highest BCUT2D eigenvalue weighted by atomic mass is 32.2. The Bertz CT molecular complexity index is 610. The van der Waals surface area contributed by atoms with Gasteiger partial charge in [0, 0.05) is 5.69 Å². The standard InChI is InChI=1S/C10H12N2O6S/c1-18-9(13)5-12-19(16,17)8-3-2-6(11)4-7(8)10(14)15/h2-4,12H,5,11H2,1H3,(H,14,15). The van der Waals surface area contributed by atoms with Gasteiger partial charge in [0.25, 0.3) is 0 Å². The number of carboxylic acid groups (broad SMARTS) is 1. The Morgan fingerprint density at radius 3 is 2.58 bits per heavy atom. The lowest BCUT2D eigenvalue weighted by Gasteiger charge is -2.09. The number of benzene rings is 1. The number of carboxylic acids is 1. The smallest absolute Gasteiger partial charge is 0.337 e. The third-order valence-electron chi connectivity index (χ3n) is 2.16. The quantitative estimate of drug-likeness (QED) is 0.487. The van der Waals surface area contributed by atoms with E-state index in [9.17, 15) is 18.0 Å². The zero-order valence-corrected chi connectivity index (χ0v) is 10.7. The molecule has 0 atom stereocenters. The molecule has 0 radical (unpaired) electrons. The molecule has 0 aliphatic rings. The fraction of sp³-hybridized carbons (Fsp3) is 0.200. The highest BCUT2D eigenvalue weighted by Gasteiger charge is 2.23. The van der Waals surface area contributed by atoms with Gasteiger partial charge >= 0.3 is 11.9 Å². The van der Waals surface area contributed by atoms with Crippen LogP contribution in [-0.4, -0.2) is 39.1 Å². The van der Waals surface area contributed by atoms with Crippen LogP contribution in [-0.2, 0) is 19.6 Å². The number of hydrogen-bond donors (Lipinski definition) is 3. The van der Waals surface area contributed by atoms with Gasteiger partial charge < -0.3 is 15.6 Å². The summed E-state index contributed by atoms with van der Waals surface area (Å²) in [6.07, 6.45) is 0. The van der Waals surface area contributed by atoms with Crippen molar-refractivity contribution in [3.63, 3.8) is 0 Å². The number of carbonyl (C=O) groups is 2. The molecule has 0 saturated carbocycles. The van der Waals surface area contributed by atoms with Gasteiger partial charge in [0.05, 0.1) is 17.6 Å². The molecule has 1 aromatic rings. The average molecular weight is 288 g/mol. The number of aromatic carboxylic acids is 1. The van der Waals surface area contributed by atoms with Crippen LogP contribution < -0.4 is 10.5 Å². The lowest BCUT2D eigenvalue weighted by Crippen LogP contribution is -2.31. The third-order valence-corrected chi connectivity index (χ3v) is 3.62. The molecule has 0 unspecified atom stereocenters. The van der Waals surface area contributed by atoms with Crippen molar-refractivity contribution in [1.29, 1.82) is 0 Å². The van der Waals surface area contributed by atoms with E-state index in [-0.39, 0.29) is 5.69 Å². The fourth-order valence-electron chi connectivity index (χ4n) is 1.25. The number of carbonyl (C=O) groups excluding carboxylic acids is 1. The Morgan fingerprint density at radius 2 is 2.05 bits per heavy atom. The molecule has 0 bridgehead atoms. The summed E-state index contributed by atoms with van der Waals surface area (Å²) in [5, 5.41) is 8.94. The Balaban J connectivity index is 3.14. The molecule has 0 saturated heterocycles. The summed E-state index contributed by atoms with van der Waals surface area (Å²) in [4.78, 5) is 21.4. The van der Waals surface area contributed by atoms with Gasteiger partial charge in [-0.3, -0.25) is 4.79 Å². The van der Waals surface area contributed by atoms with Crippen molar-refractivity contribution in [2.45, 2.75) is 4.90 Å². The van der Waals surface area contributed by atoms with Gasteiger partial charge in [-0.25, -0.2) is 13.2 Å². The van der Waals surface area contributed by atoms with Crippen molar-refractivity contribution < 1.29 is 27.9 Å². The van der Waals surface area contributed by atoms with Gasteiger partial charge in [-0.2, -0.15) is 4.72 Å². The van der Waals surface area contributed by atoms with Gasteiger partial charge in [-0.15, -0.1) is 0 Å². The van der Waals surface area contributed by atoms with Crippen LogP contribution >= 0.6 is 0 Å². The Hall–Kier alpha value is -2.13. The minimum Gasteiger partial charge on any atom is -0.478 e. The molecule has 19 heavy (non-hydrogen) atoms. The van der Waals surface area contributed by atoms with Crippen LogP contribution in [0.5, 0.6) is 0 Å². The van der Waals surface area contributed by atoms with E-state index in [0.717, 1.165) is 19.2 Å². The maximum absolute atomic E-state index is 11.9. The number of methoxy groups -OCH3 is 1. The van der Waals surface area contributed by atoms with E-state index in [1.165, 1.54) is 6.07 Å². The molecule has 0 amide bonds. The summed E-state index contributed by atoms with van der Waals surface area (Å²) in [5.74, 6) is -2.23. The van der Waals surface area contributed by atoms with Gasteiger partial charge in [0.15, 0.2) is 0 Å². The predicted octanol–water partition coefficient (Wildman–Crippen LogP) is -0.582. The number of nitrogens with two attached hydrogens (primary N) is 1. The van der Waals surface area contributed by atoms with Crippen LogP contribution in [0, 0.1) is 0 Å². The largest absolute Gasteiger partial charge is 0.478 e. The minimum absolute atomic E-state index is 0.115. The van der Waals surface area contributed by atoms with Crippen molar-refractivity contribution in [2.24, 2.45) is 0 Å². The van der Waals surface area contributed by atoms with E-state index >= 15 is 0 Å². The van der Waals surface area contributed by atoms with Crippen molar-refractivity contribution in [2.75, 3.05) is 19.4 Å². The molecule has 104 valence electrons. The number of rotatable bonds is 5. The van der Waals surface area contributed by atoms with E-state index < -0.39 is 39.0 Å². The van der Waals surface area contributed by atoms with Crippen molar-refractivity contribution >= 4 is 27.6 Å². The summed E-state index contributed by atoms with van der Waals surface area (Å²) in [7, 11) is -3.05. The second-order valence-corrected chi connectivity index (χ2v) is 5.20. The lowest BCUT2D eigenvalue weighted by molar-refractivity contribution is -0.139. The summed E-state index contributed by atoms with van der Waals surface area (Å²) < 4.78 is 29.9. The highest BCUT2D eigenvalue weighted by molar-refractivity contribution is 7.89. The number of sulfonamides is 1. The first-order valence-electron chi connectivity index (χ1n) is 4.97. The molecular formula is C10H12N2O6S. The third kappa shape index (κ3) is 3.66. The fourth-order valence-corrected chi connectivity index (χ4v) is 2.40. The molecule has 0 aliphatic heterocycles. The Morgan fingerprint density at radius 1 is 1.42 bits per heavy atom. The first-order valence-corrected chi connectivity index (χ1v) is 6.45. The second kappa shape index (κ2) is 5.67. The van der Waals surface area contributed by atoms with Crippen LogP contribution in [0.1, 0.15) is 10.4 Å². The summed E-state index contributed by atoms with van der Waals surface area (Å²) >= 11 is 0. The predicted molar refractivity (Wildman–Crippen MR) is 65.0 cm³/mol. The molecular weight excluding hydrogens is 276 g/mol. The molecule has 9 heteroatoms. The van der Waals surface area contributed by atoms with E-state index in [4.69, 9.17) is 10.8 Å². The van der Waals surface area contributed by atoms with Crippen LogP contribution in [0.2, 0.25) is 0 Å². The number of nitrogens with one attached hydrogen (secondary N) is 1. The topological polar surface area (TPSA) is 136 Å². The zero-order valence-electron chi connectivity index (χ0n) is 9.91. The van der Waals surface area contributed by atoms with Crippen molar-refractivity contribution in [1.82, 2.24) is 4.72 Å². The number of esters is 1. The summed E-state index contributed by atoms with van der Waals surface area (Å²) in [6.45, 7) is -0.595. The first kappa shape index (κ1) is 14.9.